The normalized spacial score (nSPS) is 21.6. The van der Waals surface area contributed by atoms with Crippen molar-refractivity contribution in [1.82, 2.24) is 10.9 Å². The summed E-state index contributed by atoms with van der Waals surface area (Å²) >= 11 is 5.83. The standard InChI is InChI=1S/C9H9ClN2O/c10-7-3-1-2-6(4-7)8-5-9(13)12-11-8/h1-4,8,11H,5H2,(H,12,13). The molecule has 1 atom stereocenters. The van der Waals surface area contributed by atoms with Gasteiger partial charge in [-0.15, -0.1) is 0 Å². The first-order valence-electron chi connectivity index (χ1n) is 4.05. The lowest BCUT2D eigenvalue weighted by atomic mass is 10.1. The van der Waals surface area contributed by atoms with Crippen molar-refractivity contribution in [3.05, 3.63) is 34.9 Å². The van der Waals surface area contributed by atoms with Crippen LogP contribution in [-0.4, -0.2) is 5.91 Å². The van der Waals surface area contributed by atoms with Crippen LogP contribution in [0.1, 0.15) is 18.0 Å². The van der Waals surface area contributed by atoms with Crippen LogP contribution in [0.15, 0.2) is 24.3 Å². The lowest BCUT2D eigenvalue weighted by Crippen LogP contribution is -2.27. The summed E-state index contributed by atoms with van der Waals surface area (Å²) in [5.41, 5.74) is 6.48. The van der Waals surface area contributed by atoms with Gasteiger partial charge in [-0.3, -0.25) is 10.2 Å². The van der Waals surface area contributed by atoms with Gasteiger partial charge in [0.2, 0.25) is 5.91 Å². The van der Waals surface area contributed by atoms with Gasteiger partial charge in [0.25, 0.3) is 0 Å². The van der Waals surface area contributed by atoms with Crippen LogP contribution in [0.25, 0.3) is 0 Å². The molecule has 1 aliphatic rings. The van der Waals surface area contributed by atoms with Gasteiger partial charge in [-0.25, -0.2) is 5.43 Å². The zero-order valence-corrected chi connectivity index (χ0v) is 7.64. The van der Waals surface area contributed by atoms with Crippen molar-refractivity contribution in [1.29, 1.82) is 0 Å². The topological polar surface area (TPSA) is 41.1 Å². The fourth-order valence-electron chi connectivity index (χ4n) is 1.38. The van der Waals surface area contributed by atoms with Crippen LogP contribution in [0, 0.1) is 0 Å². The highest BCUT2D eigenvalue weighted by molar-refractivity contribution is 6.30. The SMILES string of the molecule is O=C1CC(c2cccc(Cl)c2)NN1. The molecule has 1 aromatic carbocycles. The first kappa shape index (κ1) is 8.53. The summed E-state index contributed by atoms with van der Waals surface area (Å²) < 4.78 is 0. The van der Waals surface area contributed by atoms with Gasteiger partial charge in [0.05, 0.1) is 6.04 Å². The molecule has 1 unspecified atom stereocenters. The second kappa shape index (κ2) is 3.36. The van der Waals surface area contributed by atoms with Crippen LogP contribution in [0.3, 0.4) is 0 Å². The molecule has 1 fully saturated rings. The Labute approximate surface area is 81.1 Å². The molecule has 1 amide bonds. The molecule has 13 heavy (non-hydrogen) atoms. The van der Waals surface area contributed by atoms with E-state index in [4.69, 9.17) is 11.6 Å². The molecule has 0 aromatic heterocycles. The van der Waals surface area contributed by atoms with Crippen molar-refractivity contribution in [3.8, 4) is 0 Å². The van der Waals surface area contributed by atoms with Gasteiger partial charge in [0, 0.05) is 11.4 Å². The number of rotatable bonds is 1. The van der Waals surface area contributed by atoms with Crippen molar-refractivity contribution in [2.75, 3.05) is 0 Å². The number of carbonyl (C=O) groups is 1. The molecule has 0 bridgehead atoms. The van der Waals surface area contributed by atoms with Gasteiger partial charge in [-0.05, 0) is 17.7 Å². The first-order valence-corrected chi connectivity index (χ1v) is 4.43. The Morgan fingerprint density at radius 3 is 2.92 bits per heavy atom. The van der Waals surface area contributed by atoms with Gasteiger partial charge in [-0.1, -0.05) is 23.7 Å². The Kier molecular flexibility index (Phi) is 2.20. The average Bonchev–Trinajstić information content (AvgIpc) is 2.52. The van der Waals surface area contributed by atoms with E-state index in [2.05, 4.69) is 10.9 Å². The minimum atomic E-state index is 0.0185. The lowest BCUT2D eigenvalue weighted by molar-refractivity contribution is -0.119. The summed E-state index contributed by atoms with van der Waals surface area (Å²) in [6.07, 6.45) is 0.473. The van der Waals surface area contributed by atoms with E-state index in [1.807, 2.05) is 24.3 Å². The minimum absolute atomic E-state index is 0.0185. The highest BCUT2D eigenvalue weighted by Gasteiger charge is 2.22. The zero-order chi connectivity index (χ0) is 9.26. The number of halogens is 1. The Morgan fingerprint density at radius 2 is 2.31 bits per heavy atom. The number of hydrazine groups is 1. The number of hydrogen-bond donors (Lipinski definition) is 2. The Hall–Kier alpha value is -1.06. The fraction of sp³-hybridized carbons (Fsp3) is 0.222. The number of nitrogens with one attached hydrogen (secondary N) is 2. The van der Waals surface area contributed by atoms with E-state index < -0.39 is 0 Å². The summed E-state index contributed by atoms with van der Waals surface area (Å²) in [6.45, 7) is 0. The molecule has 1 aliphatic heterocycles. The molecule has 4 heteroatoms. The summed E-state index contributed by atoms with van der Waals surface area (Å²) in [6, 6.07) is 7.55. The van der Waals surface area contributed by atoms with Crippen LogP contribution in [0.2, 0.25) is 5.02 Å². The number of hydrogen-bond acceptors (Lipinski definition) is 2. The predicted molar refractivity (Wildman–Crippen MR) is 50.1 cm³/mol. The van der Waals surface area contributed by atoms with Crippen molar-refractivity contribution in [2.45, 2.75) is 12.5 Å². The van der Waals surface area contributed by atoms with Crippen molar-refractivity contribution < 1.29 is 4.79 Å². The molecule has 0 aliphatic carbocycles. The molecule has 0 saturated carbocycles. The van der Waals surface area contributed by atoms with Crippen molar-refractivity contribution in [2.24, 2.45) is 0 Å². The summed E-state index contributed by atoms with van der Waals surface area (Å²) in [7, 11) is 0. The summed E-state index contributed by atoms with van der Waals surface area (Å²) in [5, 5.41) is 0.693. The van der Waals surface area contributed by atoms with Crippen LogP contribution in [0.4, 0.5) is 0 Å². The molecular formula is C9H9ClN2O. The second-order valence-corrected chi connectivity index (χ2v) is 3.44. The second-order valence-electron chi connectivity index (χ2n) is 3.00. The summed E-state index contributed by atoms with van der Waals surface area (Å²) in [5.74, 6) is 0.0185. The number of benzene rings is 1. The zero-order valence-electron chi connectivity index (χ0n) is 6.88. The van der Waals surface area contributed by atoms with E-state index in [1.54, 1.807) is 0 Å². The molecule has 1 aromatic rings. The minimum Gasteiger partial charge on any atom is -0.291 e. The molecule has 1 heterocycles. The van der Waals surface area contributed by atoms with E-state index in [-0.39, 0.29) is 11.9 Å². The molecule has 0 radical (unpaired) electrons. The van der Waals surface area contributed by atoms with Gasteiger partial charge in [0.1, 0.15) is 0 Å². The maximum atomic E-state index is 10.9. The van der Waals surface area contributed by atoms with Crippen LogP contribution < -0.4 is 10.9 Å². The van der Waals surface area contributed by atoms with Gasteiger partial charge in [0.15, 0.2) is 0 Å². The van der Waals surface area contributed by atoms with E-state index in [1.165, 1.54) is 0 Å². The van der Waals surface area contributed by atoms with Gasteiger partial charge < -0.3 is 0 Å². The van der Waals surface area contributed by atoms with Gasteiger partial charge >= 0.3 is 0 Å². The predicted octanol–water partition coefficient (Wildman–Crippen LogP) is 1.41. The third kappa shape index (κ3) is 1.82. The molecular weight excluding hydrogens is 188 g/mol. The maximum Gasteiger partial charge on any atom is 0.236 e. The maximum absolute atomic E-state index is 10.9. The third-order valence-corrected chi connectivity index (χ3v) is 2.26. The lowest BCUT2D eigenvalue weighted by Gasteiger charge is -2.08. The highest BCUT2D eigenvalue weighted by Crippen LogP contribution is 2.21. The highest BCUT2D eigenvalue weighted by atomic mass is 35.5. The molecule has 68 valence electrons. The number of carbonyl (C=O) groups excluding carboxylic acids is 1. The molecule has 0 spiro atoms. The smallest absolute Gasteiger partial charge is 0.236 e. The van der Waals surface area contributed by atoms with Crippen LogP contribution in [-0.2, 0) is 4.79 Å². The van der Waals surface area contributed by atoms with E-state index in [0.717, 1.165) is 5.56 Å². The Balaban J connectivity index is 2.21. The number of amides is 1. The van der Waals surface area contributed by atoms with Crippen molar-refractivity contribution in [3.63, 3.8) is 0 Å². The monoisotopic (exact) mass is 196 g/mol. The van der Waals surface area contributed by atoms with Gasteiger partial charge in [-0.2, -0.15) is 0 Å². The van der Waals surface area contributed by atoms with E-state index in [0.29, 0.717) is 11.4 Å². The van der Waals surface area contributed by atoms with Crippen LogP contribution in [0.5, 0.6) is 0 Å². The van der Waals surface area contributed by atoms with E-state index >= 15 is 0 Å². The Bertz CT molecular complexity index is 340. The van der Waals surface area contributed by atoms with Crippen molar-refractivity contribution >= 4 is 17.5 Å². The summed E-state index contributed by atoms with van der Waals surface area (Å²) in [4.78, 5) is 10.9. The Morgan fingerprint density at radius 1 is 1.46 bits per heavy atom. The first-order chi connectivity index (χ1) is 6.25. The molecule has 1 saturated heterocycles. The average molecular weight is 197 g/mol. The third-order valence-electron chi connectivity index (χ3n) is 2.03. The molecule has 2 N–H and O–H groups in total. The van der Waals surface area contributed by atoms with Crippen LogP contribution >= 0.6 is 11.6 Å². The fourth-order valence-corrected chi connectivity index (χ4v) is 1.58. The molecule has 2 rings (SSSR count). The quantitative estimate of drug-likeness (QED) is 0.713. The molecule has 3 nitrogen and oxygen atoms in total. The van der Waals surface area contributed by atoms with E-state index in [9.17, 15) is 4.79 Å². The largest absolute Gasteiger partial charge is 0.291 e.